The number of hydrogen-bond donors (Lipinski definition) is 3. The third-order valence-corrected chi connectivity index (χ3v) is 5.37. The molecule has 0 atom stereocenters. The zero-order valence-electron chi connectivity index (χ0n) is 18.3. The number of benzene rings is 1. The highest BCUT2D eigenvalue weighted by molar-refractivity contribution is 7.99. The molecule has 0 aliphatic carbocycles. The van der Waals surface area contributed by atoms with Crippen LogP contribution in [0.2, 0.25) is 0 Å². The molecular formula is C22H35N5O2S. The minimum atomic E-state index is -0.479. The molecule has 7 nitrogen and oxygen atoms in total. The summed E-state index contributed by atoms with van der Waals surface area (Å²) in [6, 6.07) is 6.61. The van der Waals surface area contributed by atoms with Gasteiger partial charge in [0, 0.05) is 24.3 Å². The Morgan fingerprint density at radius 1 is 1.10 bits per heavy atom. The number of amides is 2. The van der Waals surface area contributed by atoms with Crippen LogP contribution < -0.4 is 16.9 Å². The van der Waals surface area contributed by atoms with Crippen LogP contribution in [0.3, 0.4) is 0 Å². The predicted molar refractivity (Wildman–Crippen MR) is 128 cm³/mol. The molecule has 1 rings (SSSR count). The van der Waals surface area contributed by atoms with E-state index in [0.29, 0.717) is 48.2 Å². The quantitative estimate of drug-likeness (QED) is 0.190. The highest BCUT2D eigenvalue weighted by atomic mass is 32.2. The summed E-state index contributed by atoms with van der Waals surface area (Å²) < 4.78 is 0. The summed E-state index contributed by atoms with van der Waals surface area (Å²) in [4.78, 5) is 27.3. The van der Waals surface area contributed by atoms with E-state index < -0.39 is 5.91 Å². The monoisotopic (exact) mass is 433 g/mol. The van der Waals surface area contributed by atoms with Crippen molar-refractivity contribution in [2.75, 3.05) is 18.1 Å². The molecule has 2 amide bonds. The van der Waals surface area contributed by atoms with Gasteiger partial charge in [0.2, 0.25) is 11.8 Å². The second-order valence-corrected chi connectivity index (χ2v) is 9.49. The van der Waals surface area contributed by atoms with Gasteiger partial charge in [-0.2, -0.15) is 16.9 Å². The number of hydrazone groups is 1. The van der Waals surface area contributed by atoms with Crippen LogP contribution in [0.15, 0.2) is 34.4 Å². The van der Waals surface area contributed by atoms with Gasteiger partial charge in [0.1, 0.15) is 0 Å². The van der Waals surface area contributed by atoms with E-state index in [-0.39, 0.29) is 5.91 Å². The van der Waals surface area contributed by atoms with Crippen molar-refractivity contribution in [1.82, 2.24) is 5.32 Å². The molecule has 30 heavy (non-hydrogen) atoms. The third kappa shape index (κ3) is 12.3. The Morgan fingerprint density at radius 3 is 2.40 bits per heavy atom. The van der Waals surface area contributed by atoms with Crippen LogP contribution in [0.1, 0.15) is 63.2 Å². The first-order chi connectivity index (χ1) is 14.2. The molecule has 1 aromatic rings. The Labute approximate surface area is 184 Å². The molecule has 0 spiro atoms. The van der Waals surface area contributed by atoms with Crippen molar-refractivity contribution in [2.24, 2.45) is 27.1 Å². The van der Waals surface area contributed by atoms with Gasteiger partial charge in [0.05, 0.1) is 17.6 Å². The van der Waals surface area contributed by atoms with Crippen molar-refractivity contribution in [3.8, 4) is 0 Å². The maximum Gasteiger partial charge on any atom is 0.248 e. The Hall–Kier alpha value is -2.35. The molecule has 0 radical (unpaired) electrons. The second kappa shape index (κ2) is 13.8. The van der Waals surface area contributed by atoms with E-state index in [1.165, 1.54) is 12.8 Å². The van der Waals surface area contributed by atoms with E-state index in [1.54, 1.807) is 30.5 Å². The van der Waals surface area contributed by atoms with Crippen molar-refractivity contribution in [3.05, 3.63) is 29.8 Å². The largest absolute Gasteiger partial charge is 0.366 e. The fraction of sp³-hybridized carbons (Fsp3) is 0.545. The lowest BCUT2D eigenvalue weighted by Gasteiger charge is -2.17. The molecule has 0 saturated carbocycles. The van der Waals surface area contributed by atoms with Gasteiger partial charge >= 0.3 is 0 Å². The normalized spacial score (nSPS) is 12.3. The summed E-state index contributed by atoms with van der Waals surface area (Å²) in [5.74, 6) is 7.05. The number of hydrogen-bond acceptors (Lipinski definition) is 6. The maximum atomic E-state index is 11.9. The van der Waals surface area contributed by atoms with Crippen molar-refractivity contribution in [1.29, 1.82) is 0 Å². The number of primary amides is 1. The van der Waals surface area contributed by atoms with E-state index in [0.717, 1.165) is 11.5 Å². The summed E-state index contributed by atoms with van der Waals surface area (Å²) in [6.45, 7) is 7.47. The standard InChI is InChI=1S/C22H35N5O2S/c1-22(2,3)12-5-14-30-15-13-25-20(28)7-4-6-19(27-24)16-26-18-10-8-17(9-11-18)21(23)29/h8-11,16H,4-7,12-15,24H2,1-3H3,(H2,23,29)(H,25,28)/b26-16?,27-19-. The predicted octanol–water partition coefficient (Wildman–Crippen LogP) is 3.65. The Morgan fingerprint density at radius 2 is 1.80 bits per heavy atom. The summed E-state index contributed by atoms with van der Waals surface area (Å²) in [6.07, 6.45) is 5.64. The van der Waals surface area contributed by atoms with Gasteiger partial charge in [0.25, 0.3) is 0 Å². The molecule has 8 heteroatoms. The molecule has 0 aliphatic rings. The van der Waals surface area contributed by atoms with Gasteiger partial charge in [0.15, 0.2) is 0 Å². The van der Waals surface area contributed by atoms with Crippen LogP contribution in [0.4, 0.5) is 5.69 Å². The molecule has 0 saturated heterocycles. The number of aliphatic imine (C=N–C) groups is 1. The third-order valence-electron chi connectivity index (χ3n) is 4.30. The zero-order valence-corrected chi connectivity index (χ0v) is 19.1. The van der Waals surface area contributed by atoms with Crippen molar-refractivity contribution in [3.63, 3.8) is 0 Å². The number of carbonyl (C=O) groups excluding carboxylic acids is 2. The molecule has 0 bridgehead atoms. The first kappa shape index (κ1) is 25.7. The first-order valence-electron chi connectivity index (χ1n) is 10.3. The minimum Gasteiger partial charge on any atom is -0.366 e. The molecule has 166 valence electrons. The molecule has 0 fully saturated rings. The molecule has 0 unspecified atom stereocenters. The van der Waals surface area contributed by atoms with Crippen molar-refractivity contribution in [2.45, 2.75) is 52.9 Å². The highest BCUT2D eigenvalue weighted by Gasteiger charge is 2.09. The van der Waals surface area contributed by atoms with Crippen molar-refractivity contribution >= 4 is 41.2 Å². The molecule has 0 heterocycles. The highest BCUT2D eigenvalue weighted by Crippen LogP contribution is 2.21. The molecule has 5 N–H and O–H groups in total. The van der Waals surface area contributed by atoms with Gasteiger partial charge in [-0.3, -0.25) is 14.6 Å². The molecular weight excluding hydrogens is 398 g/mol. The molecule has 0 aliphatic heterocycles. The lowest BCUT2D eigenvalue weighted by atomic mass is 9.91. The summed E-state index contributed by atoms with van der Waals surface area (Å²) in [5, 5.41) is 6.68. The number of nitrogens with one attached hydrogen (secondary N) is 1. The summed E-state index contributed by atoms with van der Waals surface area (Å²) >= 11 is 1.88. The Bertz CT molecular complexity index is 724. The van der Waals surface area contributed by atoms with Crippen LogP contribution in [0.5, 0.6) is 0 Å². The SMILES string of the molecule is CC(C)(C)CCCSCCNC(=O)CCC/C(C=Nc1ccc(C(N)=O)cc1)=N/N. The van der Waals surface area contributed by atoms with Gasteiger partial charge in [-0.15, -0.1) is 0 Å². The van der Waals surface area contributed by atoms with E-state index in [4.69, 9.17) is 11.6 Å². The van der Waals surface area contributed by atoms with Crippen LogP contribution >= 0.6 is 11.8 Å². The minimum absolute atomic E-state index is 0.0423. The smallest absolute Gasteiger partial charge is 0.248 e. The lowest BCUT2D eigenvalue weighted by molar-refractivity contribution is -0.121. The number of thioether (sulfide) groups is 1. The second-order valence-electron chi connectivity index (χ2n) is 8.27. The van der Waals surface area contributed by atoms with Gasteiger partial charge in [-0.25, -0.2) is 0 Å². The van der Waals surface area contributed by atoms with E-state index in [1.807, 2.05) is 11.8 Å². The van der Waals surface area contributed by atoms with Crippen LogP contribution in [0.25, 0.3) is 0 Å². The van der Waals surface area contributed by atoms with Gasteiger partial charge in [-0.05, 0) is 61.1 Å². The van der Waals surface area contributed by atoms with E-state index in [2.05, 4.69) is 36.2 Å². The average Bonchev–Trinajstić information content (AvgIpc) is 2.69. The Balaban J connectivity index is 2.20. The van der Waals surface area contributed by atoms with Crippen LogP contribution in [-0.2, 0) is 4.79 Å². The van der Waals surface area contributed by atoms with E-state index in [9.17, 15) is 9.59 Å². The summed E-state index contributed by atoms with van der Waals surface area (Å²) in [7, 11) is 0. The average molecular weight is 434 g/mol. The number of nitrogens with zero attached hydrogens (tertiary/aromatic N) is 2. The fourth-order valence-electron chi connectivity index (χ4n) is 2.61. The van der Waals surface area contributed by atoms with Gasteiger partial charge in [-0.1, -0.05) is 20.8 Å². The number of carbonyl (C=O) groups is 2. The fourth-order valence-corrected chi connectivity index (χ4v) is 3.41. The van der Waals surface area contributed by atoms with Crippen LogP contribution in [0, 0.1) is 5.41 Å². The number of nitrogens with two attached hydrogens (primary N) is 2. The maximum absolute atomic E-state index is 11.9. The lowest BCUT2D eigenvalue weighted by Crippen LogP contribution is -2.25. The molecule has 1 aromatic carbocycles. The van der Waals surface area contributed by atoms with Crippen molar-refractivity contribution < 1.29 is 9.59 Å². The first-order valence-corrected chi connectivity index (χ1v) is 11.4. The number of rotatable bonds is 13. The molecule has 0 aromatic heterocycles. The topological polar surface area (TPSA) is 123 Å². The van der Waals surface area contributed by atoms with E-state index >= 15 is 0 Å². The van der Waals surface area contributed by atoms with Crippen LogP contribution in [-0.4, -0.2) is 41.8 Å². The zero-order chi connectivity index (χ0) is 22.4. The summed E-state index contributed by atoms with van der Waals surface area (Å²) in [5.41, 5.74) is 7.30. The van der Waals surface area contributed by atoms with Gasteiger partial charge < -0.3 is 16.9 Å². The Kier molecular flexibility index (Phi) is 11.8.